The highest BCUT2D eigenvalue weighted by atomic mass is 79.9. The number of carbonyl (C=O) groups excluding carboxylic acids is 1. The van der Waals surface area contributed by atoms with E-state index in [1.807, 2.05) is 39.0 Å². The average Bonchev–Trinajstić information content (AvgIpc) is 3.09. The van der Waals surface area contributed by atoms with Gasteiger partial charge in [-0.1, -0.05) is 48.0 Å². The van der Waals surface area contributed by atoms with E-state index in [-0.39, 0.29) is 12.1 Å². The minimum Gasteiger partial charge on any atom is -0.493 e. The van der Waals surface area contributed by atoms with E-state index >= 15 is 0 Å². The third-order valence-electron chi connectivity index (χ3n) is 4.69. The maximum absolute atomic E-state index is 13.2. The van der Waals surface area contributed by atoms with E-state index in [1.165, 1.54) is 0 Å². The fraction of sp³-hybridized carbons (Fsp3) is 0.500. The monoisotopic (exact) mass is 508 g/mol. The minimum absolute atomic E-state index is 0.236. The standard InChI is InChI=1S/C22H29BrN4O3S/c1-6-8-11-29-17-10-9-15(23)12-16(17)19-18(20(28)30-13(3)4)14(5)24-21-25-22(31-7-2)26-27(19)21/h9-10,12-13,19H,6-8,11H2,1-5H3,(H,24,25,26). The van der Waals surface area contributed by atoms with Crippen molar-refractivity contribution >= 4 is 39.6 Å². The second kappa shape index (κ2) is 10.5. The number of nitrogens with zero attached hydrogens (tertiary/aromatic N) is 3. The number of fused-ring (bicyclic) bond motifs is 1. The highest BCUT2D eigenvalue weighted by Gasteiger charge is 2.37. The Morgan fingerprint density at radius 2 is 2.13 bits per heavy atom. The normalized spacial score (nSPS) is 15.6. The lowest BCUT2D eigenvalue weighted by molar-refractivity contribution is -0.143. The number of thioether (sulfide) groups is 1. The third-order valence-corrected chi connectivity index (χ3v) is 5.90. The molecule has 1 aliphatic heterocycles. The summed E-state index contributed by atoms with van der Waals surface area (Å²) >= 11 is 5.13. The number of aromatic nitrogens is 3. The Balaban J connectivity index is 2.15. The molecule has 1 aliphatic rings. The van der Waals surface area contributed by atoms with Crippen molar-refractivity contribution in [1.82, 2.24) is 14.8 Å². The number of hydrogen-bond acceptors (Lipinski definition) is 7. The molecule has 2 heterocycles. The van der Waals surface area contributed by atoms with Gasteiger partial charge in [0.25, 0.3) is 0 Å². The first kappa shape index (κ1) is 23.7. The van der Waals surface area contributed by atoms with Crippen molar-refractivity contribution < 1.29 is 14.3 Å². The van der Waals surface area contributed by atoms with Crippen LogP contribution in [0.25, 0.3) is 0 Å². The molecule has 0 fully saturated rings. The highest BCUT2D eigenvalue weighted by Crippen LogP contribution is 2.41. The fourth-order valence-electron chi connectivity index (χ4n) is 3.34. The molecule has 1 aromatic heterocycles. The Kier molecular flexibility index (Phi) is 8.05. The van der Waals surface area contributed by atoms with Crippen LogP contribution in [0.15, 0.2) is 39.1 Å². The van der Waals surface area contributed by atoms with Gasteiger partial charge in [0, 0.05) is 15.7 Å². The van der Waals surface area contributed by atoms with Crippen LogP contribution >= 0.6 is 27.7 Å². The third kappa shape index (κ3) is 5.44. The van der Waals surface area contributed by atoms with Crippen LogP contribution in [-0.2, 0) is 9.53 Å². The number of benzene rings is 1. The van der Waals surface area contributed by atoms with Crippen LogP contribution in [0, 0.1) is 0 Å². The van der Waals surface area contributed by atoms with Crippen LogP contribution in [0.5, 0.6) is 5.75 Å². The summed E-state index contributed by atoms with van der Waals surface area (Å²) in [5.41, 5.74) is 2.03. The molecule has 0 radical (unpaired) electrons. The van der Waals surface area contributed by atoms with Gasteiger partial charge in [-0.25, -0.2) is 9.48 Å². The molecule has 3 rings (SSSR count). The van der Waals surface area contributed by atoms with Gasteiger partial charge in [0.1, 0.15) is 11.8 Å². The van der Waals surface area contributed by atoms with E-state index in [2.05, 4.69) is 40.1 Å². The molecule has 0 saturated heterocycles. The molecule has 9 heteroatoms. The maximum atomic E-state index is 13.2. The Morgan fingerprint density at radius 3 is 2.81 bits per heavy atom. The van der Waals surface area contributed by atoms with Crippen molar-refractivity contribution in [3.63, 3.8) is 0 Å². The largest absolute Gasteiger partial charge is 0.493 e. The molecule has 1 unspecified atom stereocenters. The summed E-state index contributed by atoms with van der Waals surface area (Å²) in [5, 5.41) is 8.59. The van der Waals surface area contributed by atoms with E-state index in [1.54, 1.807) is 16.4 Å². The van der Waals surface area contributed by atoms with E-state index in [0.29, 0.717) is 29.0 Å². The molecule has 168 valence electrons. The van der Waals surface area contributed by atoms with Crippen molar-refractivity contribution in [2.24, 2.45) is 0 Å². The quantitative estimate of drug-likeness (QED) is 0.269. The number of ether oxygens (including phenoxy) is 2. The van der Waals surface area contributed by atoms with Crippen molar-refractivity contribution in [2.75, 3.05) is 17.7 Å². The predicted octanol–water partition coefficient (Wildman–Crippen LogP) is 5.57. The van der Waals surface area contributed by atoms with E-state index in [9.17, 15) is 4.79 Å². The highest BCUT2D eigenvalue weighted by molar-refractivity contribution is 9.10. The molecule has 0 amide bonds. The van der Waals surface area contributed by atoms with E-state index in [4.69, 9.17) is 14.6 Å². The van der Waals surface area contributed by atoms with Crippen molar-refractivity contribution in [2.45, 2.75) is 64.8 Å². The lowest BCUT2D eigenvalue weighted by Gasteiger charge is -2.29. The van der Waals surface area contributed by atoms with Crippen LogP contribution in [-0.4, -0.2) is 39.2 Å². The molecule has 1 atom stereocenters. The Labute approximate surface area is 196 Å². The van der Waals surface area contributed by atoms with Crippen LogP contribution in [0.4, 0.5) is 5.95 Å². The van der Waals surface area contributed by atoms with Gasteiger partial charge < -0.3 is 14.8 Å². The molecular weight excluding hydrogens is 480 g/mol. The fourth-order valence-corrected chi connectivity index (χ4v) is 4.28. The SMILES string of the molecule is CCCCOc1ccc(Br)cc1C1C(C(=O)OC(C)C)=C(C)Nc2nc(SCC)nn21. The summed E-state index contributed by atoms with van der Waals surface area (Å²) in [6, 6.07) is 5.33. The van der Waals surface area contributed by atoms with Gasteiger partial charge in [0.15, 0.2) is 0 Å². The maximum Gasteiger partial charge on any atom is 0.338 e. The van der Waals surface area contributed by atoms with Gasteiger partial charge in [0.2, 0.25) is 11.1 Å². The molecule has 0 aliphatic carbocycles. The summed E-state index contributed by atoms with van der Waals surface area (Å²) in [6.45, 7) is 10.3. The molecular formula is C22H29BrN4O3S. The molecule has 2 aromatic rings. The van der Waals surface area contributed by atoms with Crippen LogP contribution in [0.1, 0.15) is 59.1 Å². The molecule has 0 spiro atoms. The van der Waals surface area contributed by atoms with Gasteiger partial charge >= 0.3 is 5.97 Å². The summed E-state index contributed by atoms with van der Waals surface area (Å²) in [7, 11) is 0. The first-order chi connectivity index (χ1) is 14.8. The van der Waals surface area contributed by atoms with Crippen molar-refractivity contribution in [3.8, 4) is 5.75 Å². The number of unbranched alkanes of at least 4 members (excludes halogenated alkanes) is 1. The Hall–Kier alpha value is -2.00. The summed E-state index contributed by atoms with van der Waals surface area (Å²) < 4.78 is 14.4. The summed E-state index contributed by atoms with van der Waals surface area (Å²) in [5.74, 6) is 1.79. The summed E-state index contributed by atoms with van der Waals surface area (Å²) in [6.07, 6.45) is 1.75. The molecule has 1 N–H and O–H groups in total. The lowest BCUT2D eigenvalue weighted by Crippen LogP contribution is -2.31. The van der Waals surface area contributed by atoms with Crippen LogP contribution in [0.3, 0.4) is 0 Å². The predicted molar refractivity (Wildman–Crippen MR) is 127 cm³/mol. The number of carbonyl (C=O) groups is 1. The topological polar surface area (TPSA) is 78.3 Å². The van der Waals surface area contributed by atoms with Gasteiger partial charge in [-0.15, -0.1) is 5.10 Å². The Bertz CT molecular complexity index is 974. The average molecular weight is 509 g/mol. The van der Waals surface area contributed by atoms with Gasteiger partial charge in [-0.3, -0.25) is 0 Å². The first-order valence-corrected chi connectivity index (χ1v) is 12.3. The molecule has 1 aromatic carbocycles. The minimum atomic E-state index is -0.518. The smallest absolute Gasteiger partial charge is 0.338 e. The van der Waals surface area contributed by atoms with Crippen molar-refractivity contribution in [3.05, 3.63) is 39.5 Å². The number of anilines is 1. The number of rotatable bonds is 9. The Morgan fingerprint density at radius 1 is 1.35 bits per heavy atom. The number of halogens is 1. The number of nitrogens with one attached hydrogen (secondary N) is 1. The van der Waals surface area contributed by atoms with Gasteiger partial charge in [0.05, 0.1) is 18.3 Å². The molecule has 31 heavy (non-hydrogen) atoms. The number of allylic oxidation sites excluding steroid dienone is 1. The second-order valence-corrected chi connectivity index (χ2v) is 9.65. The van der Waals surface area contributed by atoms with Gasteiger partial charge in [-0.05, 0) is 51.1 Å². The van der Waals surface area contributed by atoms with Crippen LogP contribution < -0.4 is 10.1 Å². The number of hydrogen-bond donors (Lipinski definition) is 1. The molecule has 7 nitrogen and oxygen atoms in total. The second-order valence-electron chi connectivity index (χ2n) is 7.50. The molecule has 0 bridgehead atoms. The first-order valence-electron chi connectivity index (χ1n) is 10.6. The summed E-state index contributed by atoms with van der Waals surface area (Å²) in [4.78, 5) is 17.8. The van der Waals surface area contributed by atoms with Crippen LogP contribution in [0.2, 0.25) is 0 Å². The molecule has 0 saturated carbocycles. The van der Waals surface area contributed by atoms with Gasteiger partial charge in [-0.2, -0.15) is 4.98 Å². The zero-order valence-electron chi connectivity index (χ0n) is 18.6. The van der Waals surface area contributed by atoms with Crippen molar-refractivity contribution in [1.29, 1.82) is 0 Å². The lowest BCUT2D eigenvalue weighted by atomic mass is 9.95. The van der Waals surface area contributed by atoms with E-state index in [0.717, 1.165) is 34.4 Å². The number of esters is 1. The van der Waals surface area contributed by atoms with E-state index < -0.39 is 6.04 Å². The zero-order chi connectivity index (χ0) is 22.5. The zero-order valence-corrected chi connectivity index (χ0v) is 21.0.